The van der Waals surface area contributed by atoms with Crippen LogP contribution < -0.4 is 5.73 Å². The number of anilines is 1. The SMILES string of the molecule is Cc1nn(C)c(C)c1CN1CCN(C(=O)CCc2ccccc2N)CC1. The number of para-hydroxylation sites is 1. The van der Waals surface area contributed by atoms with Crippen molar-refractivity contribution in [3.63, 3.8) is 0 Å². The molecule has 140 valence electrons. The Morgan fingerprint density at radius 2 is 1.85 bits per heavy atom. The Balaban J connectivity index is 1.48. The summed E-state index contributed by atoms with van der Waals surface area (Å²) >= 11 is 0. The highest BCUT2D eigenvalue weighted by Gasteiger charge is 2.22. The maximum atomic E-state index is 12.5. The number of nitrogens with two attached hydrogens (primary N) is 1. The number of aryl methyl sites for hydroxylation is 3. The number of rotatable bonds is 5. The largest absolute Gasteiger partial charge is 0.399 e. The van der Waals surface area contributed by atoms with E-state index in [1.165, 1.54) is 11.3 Å². The van der Waals surface area contributed by atoms with E-state index in [9.17, 15) is 4.79 Å². The van der Waals surface area contributed by atoms with E-state index in [1.54, 1.807) is 0 Å². The van der Waals surface area contributed by atoms with E-state index < -0.39 is 0 Å². The van der Waals surface area contributed by atoms with E-state index in [0.717, 1.165) is 49.7 Å². The number of piperazine rings is 1. The molecule has 1 amide bonds. The van der Waals surface area contributed by atoms with Crippen LogP contribution in [0.5, 0.6) is 0 Å². The van der Waals surface area contributed by atoms with E-state index >= 15 is 0 Å². The Morgan fingerprint density at radius 1 is 1.15 bits per heavy atom. The molecule has 0 unspecified atom stereocenters. The Labute approximate surface area is 155 Å². The molecule has 0 atom stereocenters. The van der Waals surface area contributed by atoms with Gasteiger partial charge in [-0.05, 0) is 31.9 Å². The zero-order chi connectivity index (χ0) is 18.7. The first-order valence-electron chi connectivity index (χ1n) is 9.28. The molecule has 0 bridgehead atoms. The first-order chi connectivity index (χ1) is 12.5. The van der Waals surface area contributed by atoms with Gasteiger partial charge in [0, 0.05) is 63.1 Å². The van der Waals surface area contributed by atoms with Gasteiger partial charge in [0.25, 0.3) is 0 Å². The highest BCUT2D eigenvalue weighted by molar-refractivity contribution is 5.76. The van der Waals surface area contributed by atoms with Gasteiger partial charge in [0.1, 0.15) is 0 Å². The van der Waals surface area contributed by atoms with Gasteiger partial charge in [-0.2, -0.15) is 5.10 Å². The van der Waals surface area contributed by atoms with Gasteiger partial charge < -0.3 is 10.6 Å². The second-order valence-electron chi connectivity index (χ2n) is 7.13. The van der Waals surface area contributed by atoms with Crippen molar-refractivity contribution in [2.24, 2.45) is 7.05 Å². The maximum Gasteiger partial charge on any atom is 0.222 e. The summed E-state index contributed by atoms with van der Waals surface area (Å²) in [5.41, 5.74) is 11.4. The molecule has 1 aromatic heterocycles. The molecule has 2 aromatic rings. The molecule has 1 fully saturated rings. The summed E-state index contributed by atoms with van der Waals surface area (Å²) in [6, 6.07) is 7.78. The fourth-order valence-electron chi connectivity index (χ4n) is 3.59. The third-order valence-electron chi connectivity index (χ3n) is 5.43. The van der Waals surface area contributed by atoms with E-state index in [1.807, 2.05) is 40.9 Å². The third-order valence-corrected chi connectivity index (χ3v) is 5.43. The fraction of sp³-hybridized carbons (Fsp3) is 0.500. The summed E-state index contributed by atoms with van der Waals surface area (Å²) in [5.74, 6) is 0.224. The number of hydrogen-bond donors (Lipinski definition) is 1. The van der Waals surface area contributed by atoms with Crippen LogP contribution in [-0.2, 0) is 24.8 Å². The Hall–Kier alpha value is -2.34. The van der Waals surface area contributed by atoms with Crippen LogP contribution in [0.2, 0.25) is 0 Å². The van der Waals surface area contributed by atoms with Crippen molar-refractivity contribution in [2.45, 2.75) is 33.2 Å². The van der Waals surface area contributed by atoms with Gasteiger partial charge in [-0.15, -0.1) is 0 Å². The molecule has 1 aliphatic heterocycles. The second-order valence-corrected chi connectivity index (χ2v) is 7.13. The van der Waals surface area contributed by atoms with Crippen LogP contribution in [-0.4, -0.2) is 51.7 Å². The highest BCUT2D eigenvalue weighted by Crippen LogP contribution is 2.17. The van der Waals surface area contributed by atoms with Crippen molar-refractivity contribution in [3.05, 3.63) is 46.8 Å². The molecule has 6 nitrogen and oxygen atoms in total. The normalized spacial score (nSPS) is 15.4. The van der Waals surface area contributed by atoms with Crippen molar-refractivity contribution in [2.75, 3.05) is 31.9 Å². The minimum absolute atomic E-state index is 0.224. The van der Waals surface area contributed by atoms with Crippen LogP contribution >= 0.6 is 0 Å². The van der Waals surface area contributed by atoms with Crippen LogP contribution in [0, 0.1) is 13.8 Å². The molecule has 26 heavy (non-hydrogen) atoms. The van der Waals surface area contributed by atoms with Crippen molar-refractivity contribution < 1.29 is 4.79 Å². The van der Waals surface area contributed by atoms with E-state index in [0.29, 0.717) is 12.8 Å². The number of amides is 1. The second kappa shape index (κ2) is 7.91. The van der Waals surface area contributed by atoms with E-state index in [4.69, 9.17) is 5.73 Å². The Morgan fingerprint density at radius 3 is 2.46 bits per heavy atom. The van der Waals surface area contributed by atoms with E-state index in [-0.39, 0.29) is 5.91 Å². The molecule has 1 aromatic carbocycles. The molecule has 1 saturated heterocycles. The summed E-state index contributed by atoms with van der Waals surface area (Å²) < 4.78 is 1.94. The summed E-state index contributed by atoms with van der Waals surface area (Å²) in [6.45, 7) is 8.50. The molecule has 0 radical (unpaired) electrons. The van der Waals surface area contributed by atoms with Crippen LogP contribution in [0.25, 0.3) is 0 Å². The zero-order valence-electron chi connectivity index (χ0n) is 16.0. The van der Waals surface area contributed by atoms with Gasteiger partial charge in [-0.25, -0.2) is 0 Å². The van der Waals surface area contributed by atoms with Crippen LogP contribution in [0.4, 0.5) is 5.69 Å². The van der Waals surface area contributed by atoms with Crippen molar-refractivity contribution >= 4 is 11.6 Å². The number of carbonyl (C=O) groups excluding carboxylic acids is 1. The highest BCUT2D eigenvalue weighted by atomic mass is 16.2. The molecule has 6 heteroatoms. The molecule has 1 aliphatic rings. The van der Waals surface area contributed by atoms with Gasteiger partial charge in [0.05, 0.1) is 5.69 Å². The van der Waals surface area contributed by atoms with Crippen molar-refractivity contribution in [3.8, 4) is 0 Å². The summed E-state index contributed by atoms with van der Waals surface area (Å²) in [5, 5.41) is 4.49. The van der Waals surface area contributed by atoms with Gasteiger partial charge in [-0.3, -0.25) is 14.4 Å². The third kappa shape index (κ3) is 4.07. The van der Waals surface area contributed by atoms with Crippen molar-refractivity contribution in [1.29, 1.82) is 0 Å². The Kier molecular flexibility index (Phi) is 5.61. The average Bonchev–Trinajstić information content (AvgIpc) is 2.87. The number of nitrogen functional groups attached to an aromatic ring is 1. The molecular weight excluding hydrogens is 326 g/mol. The topological polar surface area (TPSA) is 67.4 Å². The molecule has 3 rings (SSSR count). The monoisotopic (exact) mass is 355 g/mol. The smallest absolute Gasteiger partial charge is 0.222 e. The predicted octanol–water partition coefficient (Wildman–Crippen LogP) is 1.90. The van der Waals surface area contributed by atoms with Gasteiger partial charge in [-0.1, -0.05) is 18.2 Å². The maximum absolute atomic E-state index is 12.5. The molecule has 0 spiro atoms. The number of nitrogens with zero attached hydrogens (tertiary/aromatic N) is 4. The number of aromatic nitrogens is 2. The first-order valence-corrected chi connectivity index (χ1v) is 9.28. The van der Waals surface area contributed by atoms with Gasteiger partial charge in [0.15, 0.2) is 0 Å². The van der Waals surface area contributed by atoms with Crippen LogP contribution in [0.15, 0.2) is 24.3 Å². The lowest BCUT2D eigenvalue weighted by molar-refractivity contribution is -0.133. The summed E-state index contributed by atoms with van der Waals surface area (Å²) in [6.07, 6.45) is 1.23. The summed E-state index contributed by atoms with van der Waals surface area (Å²) in [7, 11) is 1.99. The van der Waals surface area contributed by atoms with Crippen LogP contribution in [0.3, 0.4) is 0 Å². The number of benzene rings is 1. The lowest BCUT2D eigenvalue weighted by atomic mass is 10.1. The average molecular weight is 355 g/mol. The fourth-order valence-corrected chi connectivity index (χ4v) is 3.59. The minimum Gasteiger partial charge on any atom is -0.399 e. The lowest BCUT2D eigenvalue weighted by Gasteiger charge is -2.35. The number of carbonyl (C=O) groups is 1. The van der Waals surface area contributed by atoms with Gasteiger partial charge in [0.2, 0.25) is 5.91 Å². The standard InChI is InChI=1S/C20H29N5O/c1-15-18(16(2)23(3)22-15)14-24-10-12-25(13-11-24)20(26)9-8-17-6-4-5-7-19(17)21/h4-7H,8-14,21H2,1-3H3. The first kappa shape index (κ1) is 18.5. The molecule has 0 aliphatic carbocycles. The minimum atomic E-state index is 0.224. The van der Waals surface area contributed by atoms with E-state index in [2.05, 4.69) is 23.8 Å². The summed E-state index contributed by atoms with van der Waals surface area (Å²) in [4.78, 5) is 16.9. The Bertz CT molecular complexity index is 775. The molecular formula is C20H29N5O. The molecule has 2 heterocycles. The molecule has 0 saturated carbocycles. The quantitative estimate of drug-likeness (QED) is 0.832. The molecule has 2 N–H and O–H groups in total. The van der Waals surface area contributed by atoms with Crippen LogP contribution in [0.1, 0.15) is 28.9 Å². The van der Waals surface area contributed by atoms with Gasteiger partial charge >= 0.3 is 0 Å². The number of hydrogen-bond acceptors (Lipinski definition) is 4. The zero-order valence-corrected chi connectivity index (χ0v) is 16.0. The van der Waals surface area contributed by atoms with Crippen molar-refractivity contribution in [1.82, 2.24) is 19.6 Å². The lowest BCUT2D eigenvalue weighted by Crippen LogP contribution is -2.48. The predicted molar refractivity (Wildman–Crippen MR) is 104 cm³/mol.